The van der Waals surface area contributed by atoms with E-state index in [1.165, 1.54) is 0 Å². The summed E-state index contributed by atoms with van der Waals surface area (Å²) in [6.07, 6.45) is 3.91. The van der Waals surface area contributed by atoms with Crippen molar-refractivity contribution in [2.45, 2.75) is 38.8 Å². The molecule has 6 nitrogen and oxygen atoms in total. The van der Waals surface area contributed by atoms with Crippen molar-refractivity contribution in [3.8, 4) is 5.75 Å². The molecule has 1 amide bonds. The second kappa shape index (κ2) is 10.3. The van der Waals surface area contributed by atoms with Crippen LogP contribution in [0.4, 0.5) is 5.69 Å². The van der Waals surface area contributed by atoms with Gasteiger partial charge in [0.1, 0.15) is 5.75 Å². The molecule has 0 unspecified atom stereocenters. The van der Waals surface area contributed by atoms with Gasteiger partial charge in [0, 0.05) is 56.8 Å². The highest BCUT2D eigenvalue weighted by Crippen LogP contribution is 2.31. The maximum Gasteiger partial charge on any atom is 0.222 e. The number of anilines is 1. The topological polar surface area (TPSA) is 48.9 Å². The van der Waals surface area contributed by atoms with Crippen LogP contribution < -0.4 is 9.64 Å². The zero-order chi connectivity index (χ0) is 21.6. The minimum Gasteiger partial charge on any atom is -0.495 e. The van der Waals surface area contributed by atoms with Gasteiger partial charge in [-0.2, -0.15) is 0 Å². The Hall–Kier alpha value is -2.31. The molecular weight excluding hydrogens is 412 g/mol. The van der Waals surface area contributed by atoms with Gasteiger partial charge in [0.05, 0.1) is 30.7 Å². The summed E-state index contributed by atoms with van der Waals surface area (Å²) in [5, 5.41) is 0.687. The Morgan fingerprint density at radius 3 is 2.52 bits per heavy atom. The highest BCUT2D eigenvalue weighted by molar-refractivity contribution is 6.30. The molecule has 0 radical (unpaired) electrons. The Bertz CT molecular complexity index is 899. The maximum atomic E-state index is 12.3. The second-order valence-corrected chi connectivity index (χ2v) is 8.76. The van der Waals surface area contributed by atoms with Gasteiger partial charge in [-0.05, 0) is 37.1 Å². The van der Waals surface area contributed by atoms with Crippen LogP contribution in [-0.4, -0.2) is 60.5 Å². The Morgan fingerprint density at radius 2 is 1.74 bits per heavy atom. The van der Waals surface area contributed by atoms with Crippen LogP contribution in [0.15, 0.2) is 36.4 Å². The lowest BCUT2D eigenvalue weighted by Gasteiger charge is -2.36. The molecule has 3 heterocycles. The van der Waals surface area contributed by atoms with Crippen LogP contribution in [0.5, 0.6) is 5.75 Å². The molecule has 4 rings (SSSR count). The fourth-order valence-electron chi connectivity index (χ4n) is 4.40. The SMILES string of the molecule is COc1cc(Cl)ccc1N1CCN(Cc2cccc(CN3CCCCCC3=O)n2)CC1. The molecule has 0 bridgehead atoms. The quantitative estimate of drug-likeness (QED) is 0.677. The fourth-order valence-corrected chi connectivity index (χ4v) is 4.56. The minimum absolute atomic E-state index is 0.262. The number of piperazine rings is 1. The van der Waals surface area contributed by atoms with Crippen molar-refractivity contribution in [3.05, 3.63) is 52.8 Å². The van der Waals surface area contributed by atoms with Gasteiger partial charge < -0.3 is 14.5 Å². The lowest BCUT2D eigenvalue weighted by molar-refractivity contribution is -0.131. The average molecular weight is 443 g/mol. The van der Waals surface area contributed by atoms with Gasteiger partial charge in [0.25, 0.3) is 0 Å². The van der Waals surface area contributed by atoms with E-state index >= 15 is 0 Å². The number of halogens is 1. The summed E-state index contributed by atoms with van der Waals surface area (Å²) < 4.78 is 5.52. The number of likely N-dealkylation sites (tertiary alicyclic amines) is 1. The third kappa shape index (κ3) is 5.69. The second-order valence-electron chi connectivity index (χ2n) is 8.33. The van der Waals surface area contributed by atoms with E-state index in [1.807, 2.05) is 29.2 Å². The molecule has 0 atom stereocenters. The summed E-state index contributed by atoms with van der Waals surface area (Å²) in [5.74, 6) is 1.08. The molecule has 2 aliphatic rings. The minimum atomic E-state index is 0.262. The van der Waals surface area contributed by atoms with E-state index in [2.05, 4.69) is 21.9 Å². The molecule has 2 saturated heterocycles. The predicted octanol–water partition coefficient (Wildman–Crippen LogP) is 3.97. The van der Waals surface area contributed by atoms with Crippen LogP contribution in [-0.2, 0) is 17.9 Å². The third-order valence-electron chi connectivity index (χ3n) is 6.13. The number of ether oxygens (including phenoxy) is 1. The molecule has 7 heteroatoms. The summed E-state index contributed by atoms with van der Waals surface area (Å²) in [7, 11) is 1.68. The summed E-state index contributed by atoms with van der Waals surface area (Å²) in [5.41, 5.74) is 3.14. The molecule has 2 aromatic rings. The molecular formula is C24H31ClN4O2. The smallest absolute Gasteiger partial charge is 0.222 e. The number of carbonyl (C=O) groups excluding carboxylic acids is 1. The first kappa shape index (κ1) is 21.9. The molecule has 1 aromatic heterocycles. The summed E-state index contributed by atoms with van der Waals surface area (Å²) in [6.45, 7) is 6.08. The molecule has 1 aromatic carbocycles. The van der Waals surface area contributed by atoms with Gasteiger partial charge in [-0.3, -0.25) is 14.7 Å². The zero-order valence-electron chi connectivity index (χ0n) is 18.2. The van der Waals surface area contributed by atoms with Gasteiger partial charge >= 0.3 is 0 Å². The van der Waals surface area contributed by atoms with Crippen LogP contribution in [0.25, 0.3) is 0 Å². The number of hydrogen-bond acceptors (Lipinski definition) is 5. The van der Waals surface area contributed by atoms with Crippen LogP contribution >= 0.6 is 11.6 Å². The van der Waals surface area contributed by atoms with Gasteiger partial charge in [0.2, 0.25) is 5.91 Å². The van der Waals surface area contributed by atoms with Crippen molar-refractivity contribution in [2.24, 2.45) is 0 Å². The van der Waals surface area contributed by atoms with Gasteiger partial charge in [0.15, 0.2) is 0 Å². The van der Waals surface area contributed by atoms with E-state index in [0.717, 1.165) is 81.4 Å². The van der Waals surface area contributed by atoms with Gasteiger partial charge in [-0.1, -0.05) is 24.1 Å². The molecule has 31 heavy (non-hydrogen) atoms. The molecule has 2 fully saturated rings. The largest absolute Gasteiger partial charge is 0.495 e. The van der Waals surface area contributed by atoms with E-state index in [4.69, 9.17) is 21.3 Å². The predicted molar refractivity (Wildman–Crippen MR) is 124 cm³/mol. The number of nitrogens with zero attached hydrogens (tertiary/aromatic N) is 4. The summed E-state index contributed by atoms with van der Waals surface area (Å²) in [6, 6.07) is 12.0. The van der Waals surface area contributed by atoms with Crippen molar-refractivity contribution in [2.75, 3.05) is 44.7 Å². The first-order valence-electron chi connectivity index (χ1n) is 11.2. The third-order valence-corrected chi connectivity index (χ3v) is 6.36. The average Bonchev–Trinajstić information content (AvgIpc) is 2.98. The molecule has 166 valence electrons. The lowest BCUT2D eigenvalue weighted by Crippen LogP contribution is -2.46. The highest BCUT2D eigenvalue weighted by atomic mass is 35.5. The van der Waals surface area contributed by atoms with Crippen molar-refractivity contribution < 1.29 is 9.53 Å². The van der Waals surface area contributed by atoms with Crippen LogP contribution in [0, 0.1) is 0 Å². The Labute approximate surface area is 189 Å². The zero-order valence-corrected chi connectivity index (χ0v) is 19.0. The molecule has 2 aliphatic heterocycles. The maximum absolute atomic E-state index is 12.3. The monoisotopic (exact) mass is 442 g/mol. The molecule has 0 N–H and O–H groups in total. The van der Waals surface area contributed by atoms with E-state index in [-0.39, 0.29) is 5.91 Å². The standard InChI is InChI=1S/C24H31ClN4O2/c1-31-23-16-19(25)9-10-22(23)28-14-12-27(13-15-28)17-20-6-5-7-21(26-20)18-29-11-4-2-3-8-24(29)30/h5-7,9-10,16H,2-4,8,11-15,17-18H2,1H3. The Balaban J connectivity index is 1.34. The Kier molecular flexibility index (Phi) is 7.30. The van der Waals surface area contributed by atoms with Crippen molar-refractivity contribution in [3.63, 3.8) is 0 Å². The fraction of sp³-hybridized carbons (Fsp3) is 0.500. The molecule has 0 saturated carbocycles. The molecule has 0 spiro atoms. The van der Waals surface area contributed by atoms with Crippen LogP contribution in [0.1, 0.15) is 37.1 Å². The van der Waals surface area contributed by atoms with Crippen LogP contribution in [0.2, 0.25) is 5.02 Å². The number of hydrogen-bond donors (Lipinski definition) is 0. The summed E-state index contributed by atoms with van der Waals surface area (Å²) >= 11 is 6.10. The molecule has 0 aliphatic carbocycles. The van der Waals surface area contributed by atoms with Crippen molar-refractivity contribution in [1.29, 1.82) is 0 Å². The van der Waals surface area contributed by atoms with E-state index in [0.29, 0.717) is 18.0 Å². The van der Waals surface area contributed by atoms with Gasteiger partial charge in [-0.15, -0.1) is 0 Å². The Morgan fingerprint density at radius 1 is 0.968 bits per heavy atom. The number of methoxy groups -OCH3 is 1. The van der Waals surface area contributed by atoms with Crippen molar-refractivity contribution in [1.82, 2.24) is 14.8 Å². The number of benzene rings is 1. The highest BCUT2D eigenvalue weighted by Gasteiger charge is 2.21. The number of pyridine rings is 1. The number of amides is 1. The van der Waals surface area contributed by atoms with Gasteiger partial charge in [-0.25, -0.2) is 0 Å². The van der Waals surface area contributed by atoms with E-state index in [1.54, 1.807) is 7.11 Å². The number of carbonyl (C=O) groups is 1. The van der Waals surface area contributed by atoms with Crippen molar-refractivity contribution >= 4 is 23.2 Å². The number of rotatable bonds is 6. The van der Waals surface area contributed by atoms with E-state index < -0.39 is 0 Å². The van der Waals surface area contributed by atoms with E-state index in [9.17, 15) is 4.79 Å². The normalized spacial score (nSPS) is 18.2. The summed E-state index contributed by atoms with van der Waals surface area (Å²) in [4.78, 5) is 23.9. The first-order valence-corrected chi connectivity index (χ1v) is 11.5. The first-order chi connectivity index (χ1) is 15.1. The lowest BCUT2D eigenvalue weighted by atomic mass is 10.2. The number of aromatic nitrogens is 1. The van der Waals surface area contributed by atoms with Crippen LogP contribution in [0.3, 0.4) is 0 Å².